The van der Waals surface area contributed by atoms with Gasteiger partial charge in [-0.3, -0.25) is 9.59 Å². The molecule has 0 aromatic heterocycles. The number of nitrogens with one attached hydrogen (secondary N) is 1. The van der Waals surface area contributed by atoms with Crippen molar-refractivity contribution in [2.45, 2.75) is 19.9 Å². The summed E-state index contributed by atoms with van der Waals surface area (Å²) in [5.74, 6) is -0.303. The number of ketones is 1. The summed E-state index contributed by atoms with van der Waals surface area (Å²) in [6, 6.07) is 6.20. The van der Waals surface area contributed by atoms with Crippen LogP contribution in [0.4, 0.5) is 5.69 Å². The van der Waals surface area contributed by atoms with Crippen LogP contribution in [-0.4, -0.2) is 17.7 Å². The van der Waals surface area contributed by atoms with E-state index in [4.69, 9.17) is 5.73 Å². The normalized spacial score (nSPS) is 11.9. The minimum absolute atomic E-state index is 0.137. The number of anilines is 1. The average Bonchev–Trinajstić information content (AvgIpc) is 2.16. The fourth-order valence-electron chi connectivity index (χ4n) is 1.22. The van der Waals surface area contributed by atoms with E-state index in [1.807, 2.05) is 0 Å². The monoisotopic (exact) mass is 206 g/mol. The predicted octanol–water partition coefficient (Wildman–Crippen LogP) is 1.17. The van der Waals surface area contributed by atoms with Crippen LogP contribution in [0.25, 0.3) is 0 Å². The third kappa shape index (κ3) is 3.18. The highest BCUT2D eigenvalue weighted by molar-refractivity contribution is 6.01. The summed E-state index contributed by atoms with van der Waals surface area (Å²) in [7, 11) is 0. The molecule has 1 unspecified atom stereocenters. The summed E-state index contributed by atoms with van der Waals surface area (Å²) in [5, 5.41) is 2.61. The number of Topliss-reactive ketones (excluding diaryl/α,β-unsaturated/α-hetero) is 1. The second kappa shape index (κ2) is 4.70. The zero-order chi connectivity index (χ0) is 11.4. The lowest BCUT2D eigenvalue weighted by atomic mass is 10.1. The highest BCUT2D eigenvalue weighted by Crippen LogP contribution is 2.11. The van der Waals surface area contributed by atoms with Crippen LogP contribution < -0.4 is 11.1 Å². The predicted molar refractivity (Wildman–Crippen MR) is 58.7 cm³/mol. The lowest BCUT2D eigenvalue weighted by Gasteiger charge is -2.06. The first kappa shape index (κ1) is 11.4. The molecule has 4 nitrogen and oxygen atoms in total. The minimum Gasteiger partial charge on any atom is -0.326 e. The number of carbonyl (C=O) groups excluding carboxylic acids is 2. The molecule has 80 valence electrons. The Labute approximate surface area is 88.5 Å². The van der Waals surface area contributed by atoms with E-state index in [2.05, 4.69) is 5.32 Å². The van der Waals surface area contributed by atoms with Gasteiger partial charge in [0.1, 0.15) is 0 Å². The van der Waals surface area contributed by atoms with Gasteiger partial charge in [0.2, 0.25) is 5.91 Å². The SMILES string of the molecule is CC(=O)Nc1cccc(C(=O)C(C)N)c1. The topological polar surface area (TPSA) is 72.2 Å². The summed E-state index contributed by atoms with van der Waals surface area (Å²) < 4.78 is 0. The van der Waals surface area contributed by atoms with Crippen LogP contribution in [0.1, 0.15) is 24.2 Å². The number of hydrogen-bond donors (Lipinski definition) is 2. The summed E-state index contributed by atoms with van der Waals surface area (Å²) >= 11 is 0. The van der Waals surface area contributed by atoms with Gasteiger partial charge in [-0.05, 0) is 19.1 Å². The molecule has 1 aromatic rings. The molecule has 15 heavy (non-hydrogen) atoms. The summed E-state index contributed by atoms with van der Waals surface area (Å²) in [5.41, 5.74) is 6.60. The highest BCUT2D eigenvalue weighted by atomic mass is 16.1. The molecule has 0 fully saturated rings. The Morgan fingerprint density at radius 2 is 2.07 bits per heavy atom. The van der Waals surface area contributed by atoms with Gasteiger partial charge in [-0.2, -0.15) is 0 Å². The van der Waals surface area contributed by atoms with Crippen molar-refractivity contribution in [3.8, 4) is 0 Å². The van der Waals surface area contributed by atoms with E-state index in [1.165, 1.54) is 6.92 Å². The number of carbonyl (C=O) groups is 2. The first-order valence-electron chi connectivity index (χ1n) is 4.68. The van der Waals surface area contributed by atoms with Crippen molar-refractivity contribution in [1.29, 1.82) is 0 Å². The van der Waals surface area contributed by atoms with Crippen molar-refractivity contribution < 1.29 is 9.59 Å². The molecule has 0 saturated carbocycles. The first-order valence-corrected chi connectivity index (χ1v) is 4.68. The van der Waals surface area contributed by atoms with Crippen LogP contribution >= 0.6 is 0 Å². The molecule has 0 aliphatic rings. The van der Waals surface area contributed by atoms with Crippen LogP contribution in [0.15, 0.2) is 24.3 Å². The Bertz CT molecular complexity index is 386. The van der Waals surface area contributed by atoms with Crippen LogP contribution in [0.3, 0.4) is 0 Å². The quantitative estimate of drug-likeness (QED) is 0.729. The van der Waals surface area contributed by atoms with Crippen LogP contribution in [0.2, 0.25) is 0 Å². The largest absolute Gasteiger partial charge is 0.326 e. The van der Waals surface area contributed by atoms with E-state index in [9.17, 15) is 9.59 Å². The summed E-state index contributed by atoms with van der Waals surface area (Å²) in [6.07, 6.45) is 0. The van der Waals surface area contributed by atoms with Gasteiger partial charge in [-0.15, -0.1) is 0 Å². The number of hydrogen-bond acceptors (Lipinski definition) is 3. The van der Waals surface area contributed by atoms with Crippen LogP contribution in [0, 0.1) is 0 Å². The van der Waals surface area contributed by atoms with E-state index in [1.54, 1.807) is 31.2 Å². The summed E-state index contributed by atoms with van der Waals surface area (Å²) in [6.45, 7) is 3.05. The van der Waals surface area contributed by atoms with Crippen molar-refractivity contribution in [3.63, 3.8) is 0 Å². The lowest BCUT2D eigenvalue weighted by Crippen LogP contribution is -2.26. The average molecular weight is 206 g/mol. The zero-order valence-electron chi connectivity index (χ0n) is 8.78. The van der Waals surface area contributed by atoms with Crippen molar-refractivity contribution in [1.82, 2.24) is 0 Å². The number of benzene rings is 1. The fraction of sp³-hybridized carbons (Fsp3) is 0.273. The van der Waals surface area contributed by atoms with Gasteiger partial charge in [0.25, 0.3) is 0 Å². The maximum Gasteiger partial charge on any atom is 0.221 e. The van der Waals surface area contributed by atoms with Gasteiger partial charge in [0, 0.05) is 18.2 Å². The maximum absolute atomic E-state index is 11.5. The minimum atomic E-state index is -0.530. The van der Waals surface area contributed by atoms with Gasteiger partial charge in [-0.1, -0.05) is 12.1 Å². The maximum atomic E-state index is 11.5. The molecule has 0 aliphatic heterocycles. The van der Waals surface area contributed by atoms with Crippen molar-refractivity contribution in [2.24, 2.45) is 5.73 Å². The molecule has 0 saturated heterocycles. The Kier molecular flexibility index (Phi) is 3.57. The van der Waals surface area contributed by atoms with Crippen molar-refractivity contribution >= 4 is 17.4 Å². The van der Waals surface area contributed by atoms with Crippen LogP contribution in [0.5, 0.6) is 0 Å². The van der Waals surface area contributed by atoms with E-state index < -0.39 is 6.04 Å². The molecule has 0 radical (unpaired) electrons. The second-order valence-corrected chi connectivity index (χ2v) is 3.41. The van der Waals surface area contributed by atoms with Gasteiger partial charge in [0.05, 0.1) is 6.04 Å². The molecule has 1 atom stereocenters. The van der Waals surface area contributed by atoms with E-state index >= 15 is 0 Å². The Balaban J connectivity index is 2.92. The van der Waals surface area contributed by atoms with Gasteiger partial charge in [0.15, 0.2) is 5.78 Å². The number of rotatable bonds is 3. The molecule has 3 N–H and O–H groups in total. The number of amides is 1. The third-order valence-corrected chi connectivity index (χ3v) is 1.88. The zero-order valence-corrected chi connectivity index (χ0v) is 8.78. The number of nitrogens with two attached hydrogens (primary N) is 1. The van der Waals surface area contributed by atoms with Gasteiger partial charge < -0.3 is 11.1 Å². The smallest absolute Gasteiger partial charge is 0.221 e. The standard InChI is InChI=1S/C11H14N2O2/c1-7(12)11(15)9-4-3-5-10(6-9)13-8(2)14/h3-7H,12H2,1-2H3,(H,13,14). The highest BCUT2D eigenvalue weighted by Gasteiger charge is 2.10. The summed E-state index contributed by atoms with van der Waals surface area (Å²) in [4.78, 5) is 22.4. The molecular weight excluding hydrogens is 192 g/mol. The lowest BCUT2D eigenvalue weighted by molar-refractivity contribution is -0.114. The Morgan fingerprint density at radius 1 is 1.40 bits per heavy atom. The fourth-order valence-corrected chi connectivity index (χ4v) is 1.22. The molecule has 0 heterocycles. The Hall–Kier alpha value is -1.68. The molecule has 0 spiro atoms. The first-order chi connectivity index (χ1) is 7.00. The molecular formula is C11H14N2O2. The molecule has 1 rings (SSSR count). The van der Waals surface area contributed by atoms with E-state index in [-0.39, 0.29) is 11.7 Å². The molecule has 1 aromatic carbocycles. The van der Waals surface area contributed by atoms with Gasteiger partial charge >= 0.3 is 0 Å². The second-order valence-electron chi connectivity index (χ2n) is 3.41. The van der Waals surface area contributed by atoms with Crippen molar-refractivity contribution in [2.75, 3.05) is 5.32 Å². The van der Waals surface area contributed by atoms with E-state index in [0.717, 1.165) is 0 Å². The molecule has 0 bridgehead atoms. The van der Waals surface area contributed by atoms with Gasteiger partial charge in [-0.25, -0.2) is 0 Å². The molecule has 4 heteroatoms. The van der Waals surface area contributed by atoms with Crippen LogP contribution in [-0.2, 0) is 4.79 Å². The molecule has 0 aliphatic carbocycles. The van der Waals surface area contributed by atoms with Crippen molar-refractivity contribution in [3.05, 3.63) is 29.8 Å². The molecule has 1 amide bonds. The van der Waals surface area contributed by atoms with E-state index in [0.29, 0.717) is 11.3 Å². The Morgan fingerprint density at radius 3 is 2.60 bits per heavy atom. The third-order valence-electron chi connectivity index (χ3n) is 1.88.